The molecule has 1 saturated heterocycles. The third-order valence-corrected chi connectivity index (χ3v) is 14.4. The molecule has 0 aromatic heterocycles. The number of nitrogens with one attached hydrogen (secondary N) is 1. The molecule has 1 amide bonds. The highest BCUT2D eigenvalue weighted by atomic mass is 16.7. The van der Waals surface area contributed by atoms with Crippen molar-refractivity contribution in [2.24, 2.45) is 0 Å². The Morgan fingerprint density at radius 3 is 1.41 bits per heavy atom. The standard InChI is InChI=1S/C63H115NO10/c1-3-5-7-9-11-13-30-35-39-43-47-51-59(68)72-52-48-44-40-36-32-29-27-25-23-21-19-17-15-16-18-20-22-24-26-28-31-34-38-42-46-50-58(67)64-55(54-73-63-62(71)61(70)60(69)57(53-65)74-63)56(66)49-45-41-37-33-14-12-10-8-6-4-2/h6,8,14,16,18,33,45,49,55-57,60-63,65-66,69-71H,3-5,7,9-13,15,17,19-32,34-44,46-48,50-54H2,1-2H3,(H,64,67)/b8-6+,18-16-,33-14+,49-45+. The van der Waals surface area contributed by atoms with E-state index in [0.717, 1.165) is 77.0 Å². The molecule has 0 spiro atoms. The number of aliphatic hydroxyl groups excluding tert-OH is 5. The van der Waals surface area contributed by atoms with Crippen molar-refractivity contribution in [3.63, 3.8) is 0 Å². The Morgan fingerprint density at radius 1 is 0.500 bits per heavy atom. The molecule has 0 saturated carbocycles. The summed E-state index contributed by atoms with van der Waals surface area (Å²) in [4.78, 5) is 25.0. The van der Waals surface area contributed by atoms with Crippen LogP contribution in [0, 0.1) is 0 Å². The lowest BCUT2D eigenvalue weighted by Gasteiger charge is -2.40. The molecular formula is C63H115NO10. The number of hydrogen-bond donors (Lipinski definition) is 6. The van der Waals surface area contributed by atoms with Crippen molar-refractivity contribution in [2.75, 3.05) is 19.8 Å². The van der Waals surface area contributed by atoms with Crippen molar-refractivity contribution in [3.8, 4) is 0 Å². The van der Waals surface area contributed by atoms with Crippen LogP contribution in [0.4, 0.5) is 0 Å². The second-order valence-electron chi connectivity index (χ2n) is 21.4. The van der Waals surface area contributed by atoms with Crippen LogP contribution in [-0.2, 0) is 23.8 Å². The fourth-order valence-electron chi connectivity index (χ4n) is 9.53. The number of hydrogen-bond acceptors (Lipinski definition) is 10. The van der Waals surface area contributed by atoms with E-state index in [1.807, 2.05) is 6.08 Å². The normalized spacial score (nSPS) is 19.1. The van der Waals surface area contributed by atoms with Crippen molar-refractivity contribution in [1.29, 1.82) is 0 Å². The van der Waals surface area contributed by atoms with Crippen LogP contribution in [0.2, 0.25) is 0 Å². The Morgan fingerprint density at radius 2 is 0.919 bits per heavy atom. The molecule has 6 N–H and O–H groups in total. The van der Waals surface area contributed by atoms with Crippen molar-refractivity contribution in [1.82, 2.24) is 5.32 Å². The predicted octanol–water partition coefficient (Wildman–Crippen LogP) is 14.5. The predicted molar refractivity (Wildman–Crippen MR) is 306 cm³/mol. The monoisotopic (exact) mass is 1050 g/mol. The number of carbonyl (C=O) groups is 2. The molecule has 1 aliphatic heterocycles. The topological polar surface area (TPSA) is 175 Å². The smallest absolute Gasteiger partial charge is 0.305 e. The molecule has 11 heteroatoms. The lowest BCUT2D eigenvalue weighted by atomic mass is 9.99. The summed E-state index contributed by atoms with van der Waals surface area (Å²) in [6.07, 6.45) is 56.6. The lowest BCUT2D eigenvalue weighted by Crippen LogP contribution is -2.60. The van der Waals surface area contributed by atoms with Crippen LogP contribution in [0.25, 0.3) is 0 Å². The van der Waals surface area contributed by atoms with Crippen LogP contribution in [0.3, 0.4) is 0 Å². The fraction of sp³-hybridized carbons (Fsp3) is 0.841. The first-order chi connectivity index (χ1) is 36.2. The molecule has 0 bridgehead atoms. The van der Waals surface area contributed by atoms with Gasteiger partial charge in [0.25, 0.3) is 0 Å². The number of ether oxygens (including phenoxy) is 3. The second kappa shape index (κ2) is 52.7. The van der Waals surface area contributed by atoms with Gasteiger partial charge in [-0.2, -0.15) is 0 Å². The van der Waals surface area contributed by atoms with Crippen LogP contribution in [0.5, 0.6) is 0 Å². The van der Waals surface area contributed by atoms with Gasteiger partial charge < -0.3 is 45.1 Å². The number of carbonyl (C=O) groups excluding carboxylic acids is 2. The molecule has 432 valence electrons. The van der Waals surface area contributed by atoms with Crippen LogP contribution in [0.1, 0.15) is 277 Å². The molecule has 1 rings (SSSR count). The van der Waals surface area contributed by atoms with Gasteiger partial charge in [0, 0.05) is 12.8 Å². The molecule has 1 heterocycles. The number of esters is 1. The summed E-state index contributed by atoms with van der Waals surface area (Å²) in [6.45, 7) is 4.20. The van der Waals surface area contributed by atoms with Gasteiger partial charge in [-0.15, -0.1) is 0 Å². The van der Waals surface area contributed by atoms with E-state index in [9.17, 15) is 35.1 Å². The maximum atomic E-state index is 13.0. The quantitative estimate of drug-likeness (QED) is 0.0195. The van der Waals surface area contributed by atoms with E-state index in [-0.39, 0.29) is 18.5 Å². The molecule has 1 aliphatic rings. The molecular weight excluding hydrogens is 931 g/mol. The molecule has 0 aromatic carbocycles. The van der Waals surface area contributed by atoms with Crippen molar-refractivity contribution in [3.05, 3.63) is 48.6 Å². The van der Waals surface area contributed by atoms with Crippen LogP contribution >= 0.6 is 0 Å². The third-order valence-electron chi connectivity index (χ3n) is 14.4. The Balaban J connectivity index is 2.01. The summed E-state index contributed by atoms with van der Waals surface area (Å²) >= 11 is 0. The zero-order valence-corrected chi connectivity index (χ0v) is 47.6. The molecule has 0 aromatic rings. The fourth-order valence-corrected chi connectivity index (χ4v) is 9.53. The first kappa shape index (κ1) is 69.6. The maximum absolute atomic E-state index is 13.0. The molecule has 0 aliphatic carbocycles. The second-order valence-corrected chi connectivity index (χ2v) is 21.4. The summed E-state index contributed by atoms with van der Waals surface area (Å²) in [5, 5.41) is 54.2. The van der Waals surface area contributed by atoms with E-state index in [2.05, 4.69) is 55.6 Å². The lowest BCUT2D eigenvalue weighted by molar-refractivity contribution is -0.302. The van der Waals surface area contributed by atoms with E-state index < -0.39 is 49.5 Å². The Hall–Kier alpha value is -2.38. The summed E-state index contributed by atoms with van der Waals surface area (Å²) in [5.74, 6) is -0.201. The van der Waals surface area contributed by atoms with Gasteiger partial charge >= 0.3 is 5.97 Å². The molecule has 7 unspecified atom stereocenters. The number of unbranched alkanes of at least 4 members (excludes halogenated alkanes) is 33. The van der Waals surface area contributed by atoms with E-state index in [0.29, 0.717) is 19.4 Å². The van der Waals surface area contributed by atoms with Gasteiger partial charge in [0.2, 0.25) is 5.91 Å². The first-order valence-electron chi connectivity index (χ1n) is 30.9. The SMILES string of the molecule is CC/C=C/CC/C=C/CC/C=C/C(O)C(COC1OC(CO)C(O)C(O)C1O)NC(=O)CCCCCCCCCCC/C=C\CCCCCCCCCCCCCCOC(=O)CCCCCCCCCCCCC. The number of amides is 1. The molecule has 0 radical (unpaired) electrons. The Bertz CT molecular complexity index is 1370. The van der Waals surface area contributed by atoms with Crippen molar-refractivity contribution < 1.29 is 49.3 Å². The van der Waals surface area contributed by atoms with Crippen LogP contribution < -0.4 is 5.32 Å². The van der Waals surface area contributed by atoms with E-state index in [1.165, 1.54) is 173 Å². The van der Waals surface area contributed by atoms with Gasteiger partial charge in [0.15, 0.2) is 6.29 Å². The zero-order chi connectivity index (χ0) is 53.8. The molecule has 11 nitrogen and oxygen atoms in total. The van der Waals surface area contributed by atoms with Gasteiger partial charge in [-0.25, -0.2) is 0 Å². The van der Waals surface area contributed by atoms with E-state index in [4.69, 9.17) is 14.2 Å². The summed E-state index contributed by atoms with van der Waals surface area (Å²) in [6, 6.07) is -0.836. The Kier molecular flexibility index (Phi) is 49.6. The van der Waals surface area contributed by atoms with Crippen molar-refractivity contribution in [2.45, 2.75) is 320 Å². The van der Waals surface area contributed by atoms with Gasteiger partial charge in [-0.1, -0.05) is 236 Å². The largest absolute Gasteiger partial charge is 0.466 e. The highest BCUT2D eigenvalue weighted by Crippen LogP contribution is 2.23. The first-order valence-corrected chi connectivity index (χ1v) is 30.9. The van der Waals surface area contributed by atoms with Crippen LogP contribution in [-0.4, -0.2) is 100 Å². The molecule has 1 fully saturated rings. The molecule has 7 atom stereocenters. The van der Waals surface area contributed by atoms with Gasteiger partial charge in [-0.3, -0.25) is 9.59 Å². The molecule has 74 heavy (non-hydrogen) atoms. The summed E-state index contributed by atoms with van der Waals surface area (Å²) in [7, 11) is 0. The highest BCUT2D eigenvalue weighted by molar-refractivity contribution is 5.76. The van der Waals surface area contributed by atoms with E-state index in [1.54, 1.807) is 6.08 Å². The maximum Gasteiger partial charge on any atom is 0.305 e. The minimum absolute atomic E-state index is 0.00146. The number of rotatable bonds is 53. The number of allylic oxidation sites excluding steroid dienone is 7. The number of aliphatic hydroxyl groups is 5. The third kappa shape index (κ3) is 41.7. The summed E-state index contributed by atoms with van der Waals surface area (Å²) < 4.78 is 16.7. The van der Waals surface area contributed by atoms with E-state index >= 15 is 0 Å². The minimum Gasteiger partial charge on any atom is -0.466 e. The van der Waals surface area contributed by atoms with Crippen molar-refractivity contribution >= 4 is 11.9 Å². The minimum atomic E-state index is -1.58. The van der Waals surface area contributed by atoms with Gasteiger partial charge in [0.05, 0.1) is 32.0 Å². The van der Waals surface area contributed by atoms with Gasteiger partial charge in [0.1, 0.15) is 24.4 Å². The zero-order valence-electron chi connectivity index (χ0n) is 47.6. The highest BCUT2D eigenvalue weighted by Gasteiger charge is 2.44. The van der Waals surface area contributed by atoms with Crippen LogP contribution in [0.15, 0.2) is 48.6 Å². The average Bonchev–Trinajstić information content (AvgIpc) is 3.40. The van der Waals surface area contributed by atoms with Gasteiger partial charge in [-0.05, 0) is 77.0 Å². The Labute approximate surface area is 453 Å². The summed E-state index contributed by atoms with van der Waals surface area (Å²) in [5.41, 5.74) is 0. The average molecular weight is 1050 g/mol.